The number of benzene rings is 1. The highest BCUT2D eigenvalue weighted by Gasteiger charge is 2.21. The van der Waals surface area contributed by atoms with Gasteiger partial charge in [0.05, 0.1) is 6.04 Å². The highest BCUT2D eigenvalue weighted by molar-refractivity contribution is 5.78. The number of amides is 1. The lowest BCUT2D eigenvalue weighted by Gasteiger charge is -2.10. The fraction of sp³-hybridized carbons (Fsp3) is 0.364. The van der Waals surface area contributed by atoms with E-state index in [4.69, 9.17) is 0 Å². The highest BCUT2D eigenvalue weighted by Crippen LogP contribution is 2.23. The molecule has 1 heterocycles. The van der Waals surface area contributed by atoms with Crippen molar-refractivity contribution in [3.05, 3.63) is 35.4 Å². The predicted molar refractivity (Wildman–Crippen MR) is 51.3 cm³/mol. The molecule has 68 valence electrons. The van der Waals surface area contributed by atoms with E-state index in [0.717, 1.165) is 6.42 Å². The molecule has 0 unspecified atom stereocenters. The van der Waals surface area contributed by atoms with E-state index >= 15 is 0 Å². The van der Waals surface area contributed by atoms with E-state index < -0.39 is 0 Å². The van der Waals surface area contributed by atoms with Crippen LogP contribution in [0.1, 0.15) is 30.0 Å². The van der Waals surface area contributed by atoms with Crippen LogP contribution < -0.4 is 5.32 Å². The average Bonchev–Trinajstić information content (AvgIpc) is 2.52. The molecular weight excluding hydrogens is 162 g/mol. The van der Waals surface area contributed by atoms with E-state index in [0.29, 0.717) is 6.42 Å². The molecule has 1 amide bonds. The number of carbonyl (C=O) groups excluding carboxylic acids is 1. The van der Waals surface area contributed by atoms with Gasteiger partial charge in [-0.3, -0.25) is 4.79 Å². The van der Waals surface area contributed by atoms with E-state index in [1.54, 1.807) is 0 Å². The molecule has 0 spiro atoms. The van der Waals surface area contributed by atoms with Crippen LogP contribution in [0.2, 0.25) is 0 Å². The molecule has 0 aromatic heterocycles. The topological polar surface area (TPSA) is 29.1 Å². The fourth-order valence-corrected chi connectivity index (χ4v) is 1.75. The van der Waals surface area contributed by atoms with Crippen molar-refractivity contribution in [1.82, 2.24) is 5.32 Å². The quantitative estimate of drug-likeness (QED) is 0.694. The maximum Gasteiger partial charge on any atom is 0.220 e. The number of hydrogen-bond donors (Lipinski definition) is 1. The molecular formula is C11H13NO. The van der Waals surface area contributed by atoms with Crippen LogP contribution in [0.4, 0.5) is 0 Å². The van der Waals surface area contributed by atoms with Crippen LogP contribution >= 0.6 is 0 Å². The van der Waals surface area contributed by atoms with Gasteiger partial charge < -0.3 is 5.32 Å². The van der Waals surface area contributed by atoms with Crippen molar-refractivity contribution in [2.75, 3.05) is 0 Å². The van der Waals surface area contributed by atoms with Crippen molar-refractivity contribution in [2.45, 2.75) is 25.8 Å². The molecule has 1 aliphatic heterocycles. The minimum Gasteiger partial charge on any atom is -0.349 e. The lowest BCUT2D eigenvalue weighted by molar-refractivity contribution is -0.119. The van der Waals surface area contributed by atoms with Crippen molar-refractivity contribution < 1.29 is 4.79 Å². The van der Waals surface area contributed by atoms with E-state index in [1.165, 1.54) is 11.1 Å². The van der Waals surface area contributed by atoms with Crippen LogP contribution in [-0.4, -0.2) is 5.91 Å². The summed E-state index contributed by atoms with van der Waals surface area (Å²) >= 11 is 0. The summed E-state index contributed by atoms with van der Waals surface area (Å²) in [6.45, 7) is 2.07. The molecule has 0 saturated carbocycles. The van der Waals surface area contributed by atoms with Gasteiger partial charge in [-0.1, -0.05) is 29.8 Å². The summed E-state index contributed by atoms with van der Waals surface area (Å²) in [5.41, 5.74) is 2.48. The first-order valence-corrected chi connectivity index (χ1v) is 4.61. The summed E-state index contributed by atoms with van der Waals surface area (Å²) in [5, 5.41) is 2.96. The molecule has 1 atom stereocenters. The van der Waals surface area contributed by atoms with Gasteiger partial charge in [0, 0.05) is 6.42 Å². The summed E-state index contributed by atoms with van der Waals surface area (Å²) < 4.78 is 0. The number of hydrogen-bond acceptors (Lipinski definition) is 1. The van der Waals surface area contributed by atoms with Crippen LogP contribution in [0.25, 0.3) is 0 Å². The van der Waals surface area contributed by atoms with E-state index in [-0.39, 0.29) is 11.9 Å². The predicted octanol–water partition coefficient (Wildman–Crippen LogP) is 1.95. The third-order valence-corrected chi connectivity index (χ3v) is 2.44. The van der Waals surface area contributed by atoms with Crippen LogP contribution in [0.15, 0.2) is 24.3 Å². The Hall–Kier alpha value is -1.31. The van der Waals surface area contributed by atoms with Gasteiger partial charge in [-0.05, 0) is 18.9 Å². The normalized spacial score (nSPS) is 21.6. The summed E-state index contributed by atoms with van der Waals surface area (Å²) in [6.07, 6.45) is 1.60. The standard InChI is InChI=1S/C11H13NO/c1-8-3-2-4-9(7-8)10-5-6-11(13)12-10/h2-4,7,10H,5-6H2,1H3,(H,12,13)/t10-/m1/s1. The molecule has 1 aliphatic rings. The van der Waals surface area contributed by atoms with Crippen LogP contribution in [-0.2, 0) is 4.79 Å². The number of rotatable bonds is 1. The first-order chi connectivity index (χ1) is 6.25. The second-order valence-corrected chi connectivity index (χ2v) is 3.57. The van der Waals surface area contributed by atoms with Gasteiger partial charge >= 0.3 is 0 Å². The summed E-state index contributed by atoms with van der Waals surface area (Å²) in [7, 11) is 0. The largest absolute Gasteiger partial charge is 0.349 e. The number of nitrogens with one attached hydrogen (secondary N) is 1. The van der Waals surface area contributed by atoms with Gasteiger partial charge in [0.25, 0.3) is 0 Å². The molecule has 1 fully saturated rings. The molecule has 13 heavy (non-hydrogen) atoms. The molecule has 2 nitrogen and oxygen atoms in total. The first kappa shape index (κ1) is 8.30. The molecule has 0 bridgehead atoms. The summed E-state index contributed by atoms with van der Waals surface area (Å²) in [5.74, 6) is 0.173. The Morgan fingerprint density at radius 2 is 2.31 bits per heavy atom. The molecule has 2 heteroatoms. The monoisotopic (exact) mass is 175 g/mol. The average molecular weight is 175 g/mol. The van der Waals surface area contributed by atoms with E-state index in [9.17, 15) is 4.79 Å². The third-order valence-electron chi connectivity index (χ3n) is 2.44. The maximum absolute atomic E-state index is 11.0. The lowest BCUT2D eigenvalue weighted by Crippen LogP contribution is -2.18. The van der Waals surface area contributed by atoms with E-state index in [1.807, 2.05) is 6.07 Å². The van der Waals surface area contributed by atoms with Crippen LogP contribution in [0.3, 0.4) is 0 Å². The smallest absolute Gasteiger partial charge is 0.220 e. The van der Waals surface area contributed by atoms with Crippen molar-refractivity contribution in [3.8, 4) is 0 Å². The zero-order valence-corrected chi connectivity index (χ0v) is 7.71. The number of aryl methyl sites for hydroxylation is 1. The van der Waals surface area contributed by atoms with Gasteiger partial charge in [-0.15, -0.1) is 0 Å². The third kappa shape index (κ3) is 1.72. The van der Waals surface area contributed by atoms with Crippen molar-refractivity contribution in [3.63, 3.8) is 0 Å². The van der Waals surface area contributed by atoms with Gasteiger partial charge in [0.1, 0.15) is 0 Å². The molecule has 1 N–H and O–H groups in total. The van der Waals surface area contributed by atoms with Gasteiger partial charge in [-0.25, -0.2) is 0 Å². The van der Waals surface area contributed by atoms with Gasteiger partial charge in [0.2, 0.25) is 5.91 Å². The Bertz CT molecular complexity index is 333. The Balaban J connectivity index is 2.21. The van der Waals surface area contributed by atoms with E-state index in [2.05, 4.69) is 30.4 Å². The number of carbonyl (C=O) groups is 1. The fourth-order valence-electron chi connectivity index (χ4n) is 1.75. The SMILES string of the molecule is Cc1cccc([C@H]2CCC(=O)N2)c1. The van der Waals surface area contributed by atoms with Crippen molar-refractivity contribution in [1.29, 1.82) is 0 Å². The molecule has 0 aliphatic carbocycles. The maximum atomic E-state index is 11.0. The summed E-state index contributed by atoms with van der Waals surface area (Å²) in [6, 6.07) is 8.56. The zero-order chi connectivity index (χ0) is 9.26. The second kappa shape index (κ2) is 3.21. The van der Waals surface area contributed by atoms with Gasteiger partial charge in [-0.2, -0.15) is 0 Å². The minimum atomic E-state index is 0.173. The molecule has 1 saturated heterocycles. The summed E-state index contributed by atoms with van der Waals surface area (Å²) in [4.78, 5) is 11.0. The van der Waals surface area contributed by atoms with Gasteiger partial charge in [0.15, 0.2) is 0 Å². The lowest BCUT2D eigenvalue weighted by atomic mass is 10.0. The van der Waals surface area contributed by atoms with Crippen LogP contribution in [0.5, 0.6) is 0 Å². The minimum absolute atomic E-state index is 0.173. The van der Waals surface area contributed by atoms with Crippen LogP contribution in [0, 0.1) is 6.92 Å². The van der Waals surface area contributed by atoms with Crippen molar-refractivity contribution in [2.24, 2.45) is 0 Å². The molecule has 1 aromatic rings. The Morgan fingerprint density at radius 1 is 1.46 bits per heavy atom. The van der Waals surface area contributed by atoms with Crippen molar-refractivity contribution >= 4 is 5.91 Å². The first-order valence-electron chi connectivity index (χ1n) is 4.61. The second-order valence-electron chi connectivity index (χ2n) is 3.57. The zero-order valence-electron chi connectivity index (χ0n) is 7.71. The molecule has 1 aromatic carbocycles. The Kier molecular flexibility index (Phi) is 2.05. The highest BCUT2D eigenvalue weighted by atomic mass is 16.1. The molecule has 2 rings (SSSR count). The Labute approximate surface area is 78.0 Å². The Morgan fingerprint density at radius 3 is 2.92 bits per heavy atom. The molecule has 0 radical (unpaired) electrons.